The summed E-state index contributed by atoms with van der Waals surface area (Å²) in [5, 5.41) is 7.90. The molecule has 0 aromatic heterocycles. The number of hydrogen-bond donors (Lipinski definition) is 1. The first-order valence-corrected chi connectivity index (χ1v) is 2.78. The van der Waals surface area contributed by atoms with Gasteiger partial charge in [-0.25, -0.2) is 0 Å². The minimum Gasteiger partial charge on any atom is -0.481 e. The Kier molecular flexibility index (Phi) is 2.66. The first kappa shape index (κ1) is 11.1. The van der Waals surface area contributed by atoms with Crippen molar-refractivity contribution in [2.45, 2.75) is 19.0 Å². The zero-order valence-electron chi connectivity index (χ0n) is 5.82. The summed E-state index contributed by atoms with van der Waals surface area (Å²) >= 11 is 0. The van der Waals surface area contributed by atoms with E-state index in [0.29, 0.717) is 6.92 Å². The average Bonchev–Trinajstić information content (AvgIpc) is 1.83. The van der Waals surface area contributed by atoms with Crippen molar-refractivity contribution in [2.75, 3.05) is 0 Å². The summed E-state index contributed by atoms with van der Waals surface area (Å²) in [5.74, 6) is -10.1. The summed E-state index contributed by atoms with van der Waals surface area (Å²) < 4.78 is 58.4. The lowest BCUT2D eigenvalue weighted by Crippen LogP contribution is -2.45. The molecule has 0 aliphatic rings. The Hall–Kier alpha value is -0.880. The van der Waals surface area contributed by atoms with Crippen molar-refractivity contribution in [3.05, 3.63) is 0 Å². The third kappa shape index (κ3) is 1.83. The Labute approximate surface area is 64.0 Å². The number of rotatable bonds is 2. The van der Waals surface area contributed by atoms with Crippen molar-refractivity contribution in [3.63, 3.8) is 0 Å². The Bertz CT molecular complexity index is 185. The molecule has 2 nitrogen and oxygen atoms in total. The summed E-state index contributed by atoms with van der Waals surface area (Å²) in [6.07, 6.45) is -5.81. The van der Waals surface area contributed by atoms with E-state index in [1.807, 2.05) is 0 Å². The Morgan fingerprint density at radius 1 is 1.25 bits per heavy atom. The van der Waals surface area contributed by atoms with E-state index < -0.39 is 24.0 Å². The molecule has 72 valence electrons. The molecule has 1 N–H and O–H groups in total. The fourth-order valence-electron chi connectivity index (χ4n) is 0.401. The van der Waals surface area contributed by atoms with Crippen LogP contribution in [0.1, 0.15) is 6.92 Å². The highest BCUT2D eigenvalue weighted by atomic mass is 19.4. The number of alkyl halides is 5. The van der Waals surface area contributed by atoms with Crippen LogP contribution in [-0.2, 0) is 4.79 Å². The number of hydrogen-bond acceptors (Lipinski definition) is 1. The SMILES string of the molecule is C[C@@H](C(=O)O)C(F)(F)C(F)(F)F. The van der Waals surface area contributed by atoms with Crippen LogP contribution in [0.25, 0.3) is 0 Å². The maximum absolute atomic E-state index is 12.1. The largest absolute Gasteiger partial charge is 0.481 e. The van der Waals surface area contributed by atoms with Gasteiger partial charge in [-0.2, -0.15) is 22.0 Å². The first-order valence-electron chi connectivity index (χ1n) is 2.78. The zero-order chi connectivity index (χ0) is 10.2. The molecule has 0 aliphatic carbocycles. The fraction of sp³-hybridized carbons (Fsp3) is 0.800. The van der Waals surface area contributed by atoms with Crippen molar-refractivity contribution in [1.29, 1.82) is 0 Å². The molecule has 0 saturated carbocycles. The first-order chi connectivity index (χ1) is 5.10. The second kappa shape index (κ2) is 2.87. The number of halogens is 5. The van der Waals surface area contributed by atoms with Gasteiger partial charge in [0, 0.05) is 0 Å². The molecule has 0 aliphatic heterocycles. The number of carboxylic acid groups (broad SMARTS) is 1. The van der Waals surface area contributed by atoms with Gasteiger partial charge in [-0.1, -0.05) is 0 Å². The van der Waals surface area contributed by atoms with Gasteiger partial charge >= 0.3 is 18.1 Å². The summed E-state index contributed by atoms with van der Waals surface area (Å²) in [6, 6.07) is 0. The lowest BCUT2D eigenvalue weighted by molar-refractivity contribution is -0.298. The van der Waals surface area contributed by atoms with Crippen LogP contribution < -0.4 is 0 Å². The van der Waals surface area contributed by atoms with Crippen LogP contribution in [0.5, 0.6) is 0 Å². The van der Waals surface area contributed by atoms with E-state index in [4.69, 9.17) is 5.11 Å². The van der Waals surface area contributed by atoms with Crippen LogP contribution in [0.3, 0.4) is 0 Å². The number of aliphatic carboxylic acids is 1. The van der Waals surface area contributed by atoms with Crippen LogP contribution in [0, 0.1) is 5.92 Å². The Morgan fingerprint density at radius 2 is 1.58 bits per heavy atom. The highest BCUT2D eigenvalue weighted by Crippen LogP contribution is 2.41. The van der Waals surface area contributed by atoms with Gasteiger partial charge in [-0.05, 0) is 6.92 Å². The van der Waals surface area contributed by atoms with Gasteiger partial charge in [0.05, 0.1) is 0 Å². The smallest absolute Gasteiger partial charge is 0.454 e. The molecule has 1 atom stereocenters. The van der Waals surface area contributed by atoms with Crippen molar-refractivity contribution < 1.29 is 31.9 Å². The van der Waals surface area contributed by atoms with E-state index in [0.717, 1.165) is 0 Å². The van der Waals surface area contributed by atoms with Gasteiger partial charge < -0.3 is 5.11 Å². The standard InChI is InChI=1S/C5H5F5O2/c1-2(3(11)12)4(6,7)5(8,9)10/h2H,1H3,(H,11,12)/t2-/m0/s1. The van der Waals surface area contributed by atoms with Gasteiger partial charge in [0.15, 0.2) is 0 Å². The van der Waals surface area contributed by atoms with Gasteiger partial charge in [0.1, 0.15) is 5.92 Å². The summed E-state index contributed by atoms with van der Waals surface area (Å²) in [7, 11) is 0. The van der Waals surface area contributed by atoms with Gasteiger partial charge in [0.2, 0.25) is 0 Å². The summed E-state index contributed by atoms with van der Waals surface area (Å²) in [5.41, 5.74) is 0. The summed E-state index contributed by atoms with van der Waals surface area (Å²) in [6.45, 7) is 0.301. The molecule has 0 amide bonds. The molecule has 0 fully saturated rings. The monoisotopic (exact) mass is 192 g/mol. The van der Waals surface area contributed by atoms with Gasteiger partial charge in [-0.15, -0.1) is 0 Å². The van der Waals surface area contributed by atoms with Crippen molar-refractivity contribution in [2.24, 2.45) is 5.92 Å². The van der Waals surface area contributed by atoms with Crippen LogP contribution in [0.15, 0.2) is 0 Å². The van der Waals surface area contributed by atoms with Gasteiger partial charge in [-0.3, -0.25) is 4.79 Å². The van der Waals surface area contributed by atoms with Crippen molar-refractivity contribution >= 4 is 5.97 Å². The molecular formula is C5H5F5O2. The van der Waals surface area contributed by atoms with E-state index in [1.165, 1.54) is 0 Å². The van der Waals surface area contributed by atoms with Crippen LogP contribution in [0.4, 0.5) is 22.0 Å². The van der Waals surface area contributed by atoms with Crippen molar-refractivity contribution in [1.82, 2.24) is 0 Å². The molecule has 7 heteroatoms. The van der Waals surface area contributed by atoms with E-state index in [1.54, 1.807) is 0 Å². The normalized spacial score (nSPS) is 15.8. The second-order valence-electron chi connectivity index (χ2n) is 2.18. The minimum absolute atomic E-state index is 0.301. The molecule has 0 saturated heterocycles. The predicted octanol–water partition coefficient (Wildman–Crippen LogP) is 1.90. The van der Waals surface area contributed by atoms with Crippen LogP contribution in [0.2, 0.25) is 0 Å². The zero-order valence-corrected chi connectivity index (χ0v) is 5.82. The lowest BCUT2D eigenvalue weighted by atomic mass is 10.0. The van der Waals surface area contributed by atoms with Gasteiger partial charge in [0.25, 0.3) is 0 Å². The molecule has 0 radical (unpaired) electrons. The Morgan fingerprint density at radius 3 is 1.67 bits per heavy atom. The molecule has 0 bridgehead atoms. The quantitative estimate of drug-likeness (QED) is 0.678. The maximum Gasteiger partial charge on any atom is 0.454 e. The molecule has 12 heavy (non-hydrogen) atoms. The third-order valence-electron chi connectivity index (χ3n) is 1.29. The highest BCUT2D eigenvalue weighted by Gasteiger charge is 2.63. The predicted molar refractivity (Wildman–Crippen MR) is 27.8 cm³/mol. The Balaban J connectivity index is 4.73. The van der Waals surface area contributed by atoms with E-state index in [2.05, 4.69) is 0 Å². The third-order valence-corrected chi connectivity index (χ3v) is 1.29. The fourth-order valence-corrected chi connectivity index (χ4v) is 0.401. The molecule has 0 unspecified atom stereocenters. The molecule has 0 rings (SSSR count). The maximum atomic E-state index is 12.1. The van der Waals surface area contributed by atoms with Crippen LogP contribution >= 0.6 is 0 Å². The second-order valence-corrected chi connectivity index (χ2v) is 2.18. The molecule has 0 aromatic rings. The summed E-state index contributed by atoms with van der Waals surface area (Å²) in [4.78, 5) is 9.81. The van der Waals surface area contributed by atoms with E-state index in [9.17, 15) is 26.7 Å². The van der Waals surface area contributed by atoms with Crippen molar-refractivity contribution in [3.8, 4) is 0 Å². The average molecular weight is 192 g/mol. The minimum atomic E-state index is -5.81. The molecule has 0 aromatic carbocycles. The number of carbonyl (C=O) groups is 1. The topological polar surface area (TPSA) is 37.3 Å². The van der Waals surface area contributed by atoms with E-state index in [-0.39, 0.29) is 0 Å². The highest BCUT2D eigenvalue weighted by molar-refractivity contribution is 5.70. The van der Waals surface area contributed by atoms with Crippen LogP contribution in [-0.4, -0.2) is 23.2 Å². The van der Waals surface area contributed by atoms with E-state index >= 15 is 0 Å². The number of carboxylic acids is 1. The molecular weight excluding hydrogens is 187 g/mol. The molecule has 0 heterocycles. The lowest BCUT2D eigenvalue weighted by Gasteiger charge is -2.22. The molecule has 0 spiro atoms.